The molecule has 1 aromatic carbocycles. The summed E-state index contributed by atoms with van der Waals surface area (Å²) in [6.07, 6.45) is 0.329. The second-order valence-electron chi connectivity index (χ2n) is 3.76. The Balaban J connectivity index is 0.00000361. The van der Waals surface area contributed by atoms with Gasteiger partial charge in [-0.15, -0.1) is 12.4 Å². The summed E-state index contributed by atoms with van der Waals surface area (Å²) in [6.45, 7) is -2.19. The zero-order valence-corrected chi connectivity index (χ0v) is 13.2. The van der Waals surface area contributed by atoms with Crippen molar-refractivity contribution in [1.29, 1.82) is 0 Å². The van der Waals surface area contributed by atoms with Crippen LogP contribution in [0.15, 0.2) is 22.7 Å². The number of rotatable bonds is 7. The van der Waals surface area contributed by atoms with Crippen molar-refractivity contribution in [2.45, 2.75) is 19.6 Å². The van der Waals surface area contributed by atoms with E-state index < -0.39 is 6.61 Å². The van der Waals surface area contributed by atoms with Gasteiger partial charge in [0.2, 0.25) is 5.91 Å². The highest BCUT2D eigenvalue weighted by Crippen LogP contribution is 2.24. The quantitative estimate of drug-likeness (QED) is 0.773. The van der Waals surface area contributed by atoms with Crippen LogP contribution in [-0.4, -0.2) is 26.1 Å². The van der Waals surface area contributed by atoms with E-state index in [0.717, 1.165) is 4.47 Å². The molecule has 1 rings (SSSR count). The zero-order valence-electron chi connectivity index (χ0n) is 10.8. The Bertz CT molecular complexity index is 436. The lowest BCUT2D eigenvalue weighted by atomic mass is 10.2. The predicted octanol–water partition coefficient (Wildman–Crippen LogP) is 2.70. The minimum atomic E-state index is -2.89. The maximum atomic E-state index is 12.2. The van der Waals surface area contributed by atoms with E-state index in [1.54, 1.807) is 19.2 Å². The Morgan fingerprint density at radius 3 is 2.75 bits per heavy atom. The van der Waals surface area contributed by atoms with E-state index in [1.165, 1.54) is 6.07 Å². The van der Waals surface area contributed by atoms with Gasteiger partial charge in [0.1, 0.15) is 5.75 Å². The van der Waals surface area contributed by atoms with Crippen LogP contribution >= 0.6 is 28.3 Å². The van der Waals surface area contributed by atoms with E-state index in [2.05, 4.69) is 31.3 Å². The molecule has 0 aliphatic carbocycles. The third-order valence-corrected chi connectivity index (χ3v) is 2.81. The molecule has 4 nitrogen and oxygen atoms in total. The molecular weight excluding hydrogens is 357 g/mol. The van der Waals surface area contributed by atoms with Gasteiger partial charge in [-0.25, -0.2) is 0 Å². The van der Waals surface area contributed by atoms with Gasteiger partial charge in [-0.3, -0.25) is 4.79 Å². The van der Waals surface area contributed by atoms with E-state index in [-0.39, 0.29) is 30.6 Å². The lowest BCUT2D eigenvalue weighted by Gasteiger charge is -2.12. The molecule has 0 bridgehead atoms. The Morgan fingerprint density at radius 1 is 1.45 bits per heavy atom. The van der Waals surface area contributed by atoms with Crippen LogP contribution in [0.1, 0.15) is 12.0 Å². The number of amides is 1. The second kappa shape index (κ2) is 9.90. The Morgan fingerprint density at radius 2 is 2.15 bits per heavy atom. The molecule has 114 valence electrons. The molecule has 0 fully saturated rings. The van der Waals surface area contributed by atoms with Crippen molar-refractivity contribution in [3.63, 3.8) is 0 Å². The fourth-order valence-corrected chi connectivity index (χ4v) is 1.83. The molecule has 20 heavy (non-hydrogen) atoms. The van der Waals surface area contributed by atoms with E-state index in [4.69, 9.17) is 0 Å². The smallest absolute Gasteiger partial charge is 0.387 e. The summed E-state index contributed by atoms with van der Waals surface area (Å²) in [7, 11) is 1.75. The summed E-state index contributed by atoms with van der Waals surface area (Å²) in [5, 5.41) is 5.50. The number of halogens is 4. The van der Waals surface area contributed by atoms with Gasteiger partial charge >= 0.3 is 6.61 Å². The monoisotopic (exact) mass is 372 g/mol. The molecule has 0 spiro atoms. The van der Waals surface area contributed by atoms with Crippen molar-refractivity contribution in [2.75, 3.05) is 13.6 Å². The molecule has 2 N–H and O–H groups in total. The Labute approximate surface area is 130 Å². The third-order valence-electron chi connectivity index (χ3n) is 2.32. The topological polar surface area (TPSA) is 50.4 Å². The maximum Gasteiger partial charge on any atom is 0.387 e. The van der Waals surface area contributed by atoms with Crippen molar-refractivity contribution in [1.82, 2.24) is 10.6 Å². The molecular formula is C12H16BrClF2N2O2. The Hall–Kier alpha value is -0.920. The minimum absolute atomic E-state index is 0. The molecule has 0 saturated carbocycles. The van der Waals surface area contributed by atoms with Crippen molar-refractivity contribution in [2.24, 2.45) is 0 Å². The first-order valence-corrected chi connectivity index (χ1v) is 6.46. The number of carbonyl (C=O) groups is 1. The first-order chi connectivity index (χ1) is 9.02. The van der Waals surface area contributed by atoms with E-state index in [9.17, 15) is 13.6 Å². The average molecular weight is 374 g/mol. The largest absolute Gasteiger partial charge is 0.434 e. The minimum Gasteiger partial charge on any atom is -0.434 e. The number of ether oxygens (including phenoxy) is 1. The van der Waals surface area contributed by atoms with E-state index in [0.29, 0.717) is 18.5 Å². The molecule has 1 amide bonds. The van der Waals surface area contributed by atoms with Gasteiger partial charge in [-0.2, -0.15) is 8.78 Å². The first kappa shape index (κ1) is 19.1. The highest BCUT2D eigenvalue weighted by atomic mass is 79.9. The third kappa shape index (κ3) is 7.02. The number of benzene rings is 1. The molecule has 0 unspecified atom stereocenters. The number of hydrogen-bond donors (Lipinski definition) is 2. The van der Waals surface area contributed by atoms with Crippen LogP contribution in [0.25, 0.3) is 0 Å². The number of hydrogen-bond acceptors (Lipinski definition) is 3. The lowest BCUT2D eigenvalue weighted by Crippen LogP contribution is -2.26. The maximum absolute atomic E-state index is 12.2. The summed E-state index contributed by atoms with van der Waals surface area (Å²) in [5.41, 5.74) is 0.493. The molecule has 0 heterocycles. The molecule has 0 radical (unpaired) electrons. The van der Waals surface area contributed by atoms with Crippen molar-refractivity contribution < 1.29 is 18.3 Å². The van der Waals surface area contributed by atoms with E-state index in [1.807, 2.05) is 0 Å². The SMILES string of the molecule is CNCCC(=O)NCc1cc(Br)ccc1OC(F)F.Cl. The van der Waals surface area contributed by atoms with Crippen LogP contribution in [0.4, 0.5) is 8.78 Å². The lowest BCUT2D eigenvalue weighted by molar-refractivity contribution is -0.121. The average Bonchev–Trinajstić information content (AvgIpc) is 2.36. The molecule has 0 aliphatic heterocycles. The number of nitrogens with one attached hydrogen (secondary N) is 2. The van der Waals surface area contributed by atoms with Crippen molar-refractivity contribution >= 4 is 34.2 Å². The van der Waals surface area contributed by atoms with Gasteiger partial charge in [-0.05, 0) is 25.2 Å². The van der Waals surface area contributed by atoms with Crippen LogP contribution in [-0.2, 0) is 11.3 Å². The highest BCUT2D eigenvalue weighted by Gasteiger charge is 2.11. The van der Waals surface area contributed by atoms with Gasteiger partial charge in [0, 0.05) is 29.5 Å². The van der Waals surface area contributed by atoms with Crippen LogP contribution in [0.3, 0.4) is 0 Å². The fourth-order valence-electron chi connectivity index (χ4n) is 1.42. The van der Waals surface area contributed by atoms with Gasteiger partial charge in [0.25, 0.3) is 0 Å². The van der Waals surface area contributed by atoms with Gasteiger partial charge in [0.05, 0.1) is 0 Å². The van der Waals surface area contributed by atoms with Crippen LogP contribution in [0, 0.1) is 0 Å². The van der Waals surface area contributed by atoms with Gasteiger partial charge in [-0.1, -0.05) is 15.9 Å². The molecule has 1 aromatic rings. The molecule has 0 saturated heterocycles. The number of carbonyl (C=O) groups excluding carboxylic acids is 1. The second-order valence-corrected chi connectivity index (χ2v) is 4.68. The summed E-state index contributed by atoms with van der Waals surface area (Å²) < 4.78 is 29.6. The standard InChI is InChI=1S/C12H15BrF2N2O2.ClH/c1-16-5-4-11(18)17-7-8-6-9(13)2-3-10(8)19-12(14)15;/h2-3,6,12,16H,4-5,7H2,1H3,(H,17,18);1H. The summed E-state index contributed by atoms with van der Waals surface area (Å²) in [5.74, 6) is -0.0931. The van der Waals surface area contributed by atoms with Crippen molar-refractivity contribution in [3.8, 4) is 5.75 Å². The molecule has 0 aliphatic rings. The van der Waals surface area contributed by atoms with Gasteiger partial charge in [0.15, 0.2) is 0 Å². The normalized spacial score (nSPS) is 10.1. The fraction of sp³-hybridized carbons (Fsp3) is 0.417. The summed E-state index contributed by atoms with van der Waals surface area (Å²) in [6, 6.07) is 4.67. The van der Waals surface area contributed by atoms with Gasteiger partial charge < -0.3 is 15.4 Å². The highest BCUT2D eigenvalue weighted by molar-refractivity contribution is 9.10. The molecule has 0 atom stereocenters. The number of alkyl halides is 2. The predicted molar refractivity (Wildman–Crippen MR) is 78.4 cm³/mol. The molecule has 0 aromatic heterocycles. The molecule has 8 heteroatoms. The Kier molecular flexibility index (Phi) is 9.45. The van der Waals surface area contributed by atoms with Crippen molar-refractivity contribution in [3.05, 3.63) is 28.2 Å². The van der Waals surface area contributed by atoms with Crippen LogP contribution in [0.5, 0.6) is 5.75 Å². The van der Waals surface area contributed by atoms with Crippen LogP contribution < -0.4 is 15.4 Å². The van der Waals surface area contributed by atoms with E-state index >= 15 is 0 Å². The van der Waals surface area contributed by atoms with Crippen LogP contribution in [0.2, 0.25) is 0 Å². The first-order valence-electron chi connectivity index (χ1n) is 5.67. The summed E-state index contributed by atoms with van der Waals surface area (Å²) in [4.78, 5) is 11.4. The summed E-state index contributed by atoms with van der Waals surface area (Å²) >= 11 is 3.25. The zero-order chi connectivity index (χ0) is 14.3.